The fraction of sp³-hybridized carbons (Fsp3) is 0.471. The minimum Gasteiger partial charge on any atom is -0.508 e. The summed E-state index contributed by atoms with van der Waals surface area (Å²) in [6.45, 7) is 7.88. The molecule has 0 aliphatic heterocycles. The van der Waals surface area contributed by atoms with Crippen molar-refractivity contribution < 1.29 is 9.84 Å². The Morgan fingerprint density at radius 1 is 1.50 bits per heavy atom. The Labute approximate surface area is 133 Å². The van der Waals surface area contributed by atoms with Crippen LogP contribution < -0.4 is 10.1 Å². The third-order valence-electron chi connectivity index (χ3n) is 3.28. The number of aliphatic imine (C=N–C) groups is 1. The van der Waals surface area contributed by atoms with Gasteiger partial charge >= 0.3 is 0 Å². The molecule has 0 saturated carbocycles. The van der Waals surface area contributed by atoms with Gasteiger partial charge in [0.15, 0.2) is 5.96 Å². The number of benzene rings is 1. The molecule has 1 aromatic carbocycles. The van der Waals surface area contributed by atoms with Crippen molar-refractivity contribution in [3.05, 3.63) is 36.4 Å². The molecule has 2 N–H and O–H groups in total. The molecule has 0 fully saturated rings. The molecule has 0 saturated heterocycles. The summed E-state index contributed by atoms with van der Waals surface area (Å²) in [5, 5.41) is 13.2. The second-order valence-corrected chi connectivity index (χ2v) is 5.02. The van der Waals surface area contributed by atoms with Crippen LogP contribution in [0.25, 0.3) is 0 Å². The lowest BCUT2D eigenvalue weighted by molar-refractivity contribution is 0.410. The summed E-state index contributed by atoms with van der Waals surface area (Å²) >= 11 is 0. The molecule has 1 rings (SSSR count). The van der Waals surface area contributed by atoms with Crippen LogP contribution in [0.2, 0.25) is 0 Å². The van der Waals surface area contributed by atoms with Crippen molar-refractivity contribution in [1.29, 1.82) is 0 Å². The molecule has 5 heteroatoms. The molecule has 0 spiro atoms. The molecule has 0 unspecified atom stereocenters. The van der Waals surface area contributed by atoms with E-state index in [1.165, 1.54) is 0 Å². The van der Waals surface area contributed by atoms with Crippen LogP contribution in [0.5, 0.6) is 11.5 Å². The summed E-state index contributed by atoms with van der Waals surface area (Å²) < 4.78 is 5.18. The molecule has 22 heavy (non-hydrogen) atoms. The van der Waals surface area contributed by atoms with Crippen LogP contribution in [0.1, 0.15) is 25.3 Å². The zero-order valence-corrected chi connectivity index (χ0v) is 13.8. The van der Waals surface area contributed by atoms with Crippen LogP contribution in [0.15, 0.2) is 35.8 Å². The van der Waals surface area contributed by atoms with Gasteiger partial charge in [0.05, 0.1) is 13.7 Å². The number of hydrogen-bond donors (Lipinski definition) is 2. The molecule has 0 aliphatic rings. The highest BCUT2D eigenvalue weighted by molar-refractivity contribution is 5.79. The molecule has 5 nitrogen and oxygen atoms in total. The van der Waals surface area contributed by atoms with Crippen LogP contribution in [0.4, 0.5) is 0 Å². The SMILES string of the molecule is C=CCCCN(C)C(=NCc1cc(OC)ccc1O)NCC. The third-order valence-corrected chi connectivity index (χ3v) is 3.28. The summed E-state index contributed by atoms with van der Waals surface area (Å²) in [7, 11) is 3.62. The Hall–Kier alpha value is -2.17. The molecular formula is C17H27N3O2. The van der Waals surface area contributed by atoms with Crippen LogP contribution in [0, 0.1) is 0 Å². The van der Waals surface area contributed by atoms with Crippen LogP contribution in [0.3, 0.4) is 0 Å². The Morgan fingerprint density at radius 3 is 2.91 bits per heavy atom. The fourth-order valence-electron chi connectivity index (χ4n) is 2.02. The lowest BCUT2D eigenvalue weighted by Crippen LogP contribution is -2.39. The van der Waals surface area contributed by atoms with E-state index in [1.54, 1.807) is 25.3 Å². The van der Waals surface area contributed by atoms with E-state index in [9.17, 15) is 5.11 Å². The summed E-state index contributed by atoms with van der Waals surface area (Å²) in [5.74, 6) is 1.77. The van der Waals surface area contributed by atoms with Gasteiger partial charge in [-0.1, -0.05) is 6.08 Å². The standard InChI is InChI=1S/C17H27N3O2/c1-5-7-8-11-20(3)17(18-6-2)19-13-14-12-15(22-4)9-10-16(14)21/h5,9-10,12,21H,1,6-8,11,13H2,2-4H3,(H,18,19). The van der Waals surface area contributed by atoms with E-state index in [2.05, 4.69) is 21.8 Å². The molecule has 0 atom stereocenters. The van der Waals surface area contributed by atoms with E-state index in [0.717, 1.165) is 37.5 Å². The monoisotopic (exact) mass is 305 g/mol. The van der Waals surface area contributed by atoms with Gasteiger partial charge in [0.25, 0.3) is 0 Å². The first kappa shape index (κ1) is 17.9. The maximum Gasteiger partial charge on any atom is 0.193 e. The van der Waals surface area contributed by atoms with E-state index in [-0.39, 0.29) is 5.75 Å². The van der Waals surface area contributed by atoms with E-state index in [4.69, 9.17) is 4.74 Å². The lowest BCUT2D eigenvalue weighted by atomic mass is 10.2. The largest absolute Gasteiger partial charge is 0.508 e. The number of unbranched alkanes of at least 4 members (excludes halogenated alkanes) is 1. The average molecular weight is 305 g/mol. The number of methoxy groups -OCH3 is 1. The number of phenols is 1. The van der Waals surface area contributed by atoms with Gasteiger partial charge in [0, 0.05) is 25.7 Å². The van der Waals surface area contributed by atoms with Crippen molar-refractivity contribution in [3.8, 4) is 11.5 Å². The molecule has 0 radical (unpaired) electrons. The zero-order chi connectivity index (χ0) is 16.4. The molecule has 1 aromatic rings. The quantitative estimate of drug-likeness (QED) is 0.336. The van der Waals surface area contributed by atoms with Crippen molar-refractivity contribution >= 4 is 5.96 Å². The van der Waals surface area contributed by atoms with E-state index >= 15 is 0 Å². The smallest absolute Gasteiger partial charge is 0.193 e. The Morgan fingerprint density at radius 2 is 2.27 bits per heavy atom. The first-order chi connectivity index (χ1) is 10.6. The minimum absolute atomic E-state index is 0.231. The normalized spacial score (nSPS) is 11.1. The van der Waals surface area contributed by atoms with Gasteiger partial charge in [-0.2, -0.15) is 0 Å². The van der Waals surface area contributed by atoms with Gasteiger partial charge in [-0.3, -0.25) is 0 Å². The van der Waals surface area contributed by atoms with Crippen LogP contribution in [-0.4, -0.2) is 43.2 Å². The van der Waals surface area contributed by atoms with Gasteiger partial charge < -0.3 is 20.1 Å². The number of guanidine groups is 1. The predicted octanol–water partition coefficient (Wildman–Crippen LogP) is 2.76. The molecule has 0 heterocycles. The number of phenolic OH excluding ortho intramolecular Hbond substituents is 1. The molecule has 122 valence electrons. The van der Waals surface area contributed by atoms with Crippen molar-refractivity contribution in [1.82, 2.24) is 10.2 Å². The minimum atomic E-state index is 0.231. The van der Waals surface area contributed by atoms with E-state index in [1.807, 2.05) is 20.0 Å². The van der Waals surface area contributed by atoms with Crippen molar-refractivity contribution in [2.45, 2.75) is 26.3 Å². The zero-order valence-electron chi connectivity index (χ0n) is 13.8. The predicted molar refractivity (Wildman–Crippen MR) is 91.5 cm³/mol. The Kier molecular flexibility index (Phi) is 7.89. The molecular weight excluding hydrogens is 278 g/mol. The van der Waals surface area contributed by atoms with Gasteiger partial charge in [-0.25, -0.2) is 4.99 Å². The number of nitrogens with one attached hydrogen (secondary N) is 1. The number of rotatable bonds is 8. The highest BCUT2D eigenvalue weighted by Crippen LogP contribution is 2.23. The number of nitrogens with zero attached hydrogens (tertiary/aromatic N) is 2. The maximum absolute atomic E-state index is 9.92. The maximum atomic E-state index is 9.92. The third kappa shape index (κ3) is 5.68. The summed E-state index contributed by atoms with van der Waals surface area (Å²) in [4.78, 5) is 6.68. The number of ether oxygens (including phenoxy) is 1. The van der Waals surface area contributed by atoms with Crippen LogP contribution in [-0.2, 0) is 6.54 Å². The van der Waals surface area contributed by atoms with Crippen LogP contribution >= 0.6 is 0 Å². The molecule has 0 aromatic heterocycles. The van der Waals surface area contributed by atoms with Crippen molar-refractivity contribution in [2.75, 3.05) is 27.2 Å². The Bertz CT molecular complexity index is 501. The number of aromatic hydroxyl groups is 1. The average Bonchev–Trinajstić information content (AvgIpc) is 2.52. The van der Waals surface area contributed by atoms with Gasteiger partial charge in [0.1, 0.15) is 11.5 Å². The summed E-state index contributed by atoms with van der Waals surface area (Å²) in [6, 6.07) is 5.17. The second kappa shape index (κ2) is 9.71. The first-order valence-corrected chi connectivity index (χ1v) is 7.58. The summed E-state index contributed by atoms with van der Waals surface area (Å²) in [5.41, 5.74) is 0.745. The summed E-state index contributed by atoms with van der Waals surface area (Å²) in [6.07, 6.45) is 3.95. The second-order valence-electron chi connectivity index (χ2n) is 5.02. The first-order valence-electron chi connectivity index (χ1n) is 7.58. The highest BCUT2D eigenvalue weighted by Gasteiger charge is 2.07. The van der Waals surface area contributed by atoms with Crippen molar-refractivity contribution in [2.24, 2.45) is 4.99 Å². The fourth-order valence-corrected chi connectivity index (χ4v) is 2.02. The van der Waals surface area contributed by atoms with Gasteiger partial charge in [0.2, 0.25) is 0 Å². The molecule has 0 bridgehead atoms. The van der Waals surface area contributed by atoms with Gasteiger partial charge in [-0.15, -0.1) is 6.58 Å². The molecule has 0 amide bonds. The molecule has 0 aliphatic carbocycles. The van der Waals surface area contributed by atoms with E-state index in [0.29, 0.717) is 12.3 Å². The highest BCUT2D eigenvalue weighted by atomic mass is 16.5. The number of allylic oxidation sites excluding steroid dienone is 1. The number of hydrogen-bond acceptors (Lipinski definition) is 3. The Balaban J connectivity index is 2.78. The van der Waals surface area contributed by atoms with Crippen molar-refractivity contribution in [3.63, 3.8) is 0 Å². The lowest BCUT2D eigenvalue weighted by Gasteiger charge is -2.21. The van der Waals surface area contributed by atoms with Gasteiger partial charge in [-0.05, 0) is 38.0 Å². The topological polar surface area (TPSA) is 57.1 Å². The van der Waals surface area contributed by atoms with E-state index < -0.39 is 0 Å².